The first-order valence-electron chi connectivity index (χ1n) is 38.6. The van der Waals surface area contributed by atoms with Gasteiger partial charge < -0.3 is 110 Å². The second-order valence-electron chi connectivity index (χ2n) is 28.0. The number of aryl methyl sites for hydroxylation is 8. The topological polar surface area (TPSA) is 537 Å². The van der Waals surface area contributed by atoms with E-state index in [1.54, 1.807) is 118 Å². The van der Waals surface area contributed by atoms with Gasteiger partial charge in [0.25, 0.3) is 47.3 Å². The average molecular weight is 1680 g/mol. The number of carbonyl (C=O) groups excluding carboxylic acids is 13. The lowest BCUT2D eigenvalue weighted by molar-refractivity contribution is -0.121. The Kier molecular flexibility index (Phi) is 31.9. The normalized spacial score (nSPS) is 11.0. The van der Waals surface area contributed by atoms with Crippen LogP contribution in [0.4, 0.5) is 45.0 Å². The zero-order valence-electron chi connectivity index (χ0n) is 68.0. The molecule has 44 nitrogen and oxygen atoms in total. The number of ether oxygens (including phenoxy) is 2. The highest BCUT2D eigenvalue weighted by Gasteiger charge is 2.25. The van der Waals surface area contributed by atoms with Crippen LogP contribution in [0, 0.1) is 0 Å². The highest BCUT2D eigenvalue weighted by molar-refractivity contribution is 6.06. The average Bonchev–Trinajstić information content (AvgIpc) is 1.69. The molecule has 0 aliphatic carbocycles. The third kappa shape index (κ3) is 26.3. The van der Waals surface area contributed by atoms with Crippen LogP contribution in [0.3, 0.4) is 0 Å². The smallest absolute Gasteiger partial charge is 0.322 e. The fourth-order valence-electron chi connectivity index (χ4n) is 12.2. The van der Waals surface area contributed by atoms with Gasteiger partial charge in [-0.15, -0.1) is 5.10 Å². The molecule has 0 atom stereocenters. The van der Waals surface area contributed by atoms with Crippen LogP contribution in [-0.2, 0) is 97.5 Å². The first-order valence-corrected chi connectivity index (χ1v) is 38.6. The van der Waals surface area contributed by atoms with Gasteiger partial charge in [-0.3, -0.25) is 62.7 Å². The highest BCUT2D eigenvalue weighted by Crippen LogP contribution is 2.21. The van der Waals surface area contributed by atoms with Gasteiger partial charge in [-0.25, -0.2) is 34.9 Å². The molecule has 0 saturated carbocycles. The number of benzene rings is 2. The Hall–Kier alpha value is -15.0. The minimum atomic E-state index is -0.642. The van der Waals surface area contributed by atoms with Crippen molar-refractivity contribution in [3.63, 3.8) is 0 Å². The van der Waals surface area contributed by atoms with Crippen molar-refractivity contribution in [1.29, 1.82) is 0 Å². The van der Waals surface area contributed by atoms with Crippen LogP contribution in [0.1, 0.15) is 141 Å². The Morgan fingerprint density at radius 1 is 0.410 bits per heavy atom. The van der Waals surface area contributed by atoms with Crippen LogP contribution in [0.5, 0.6) is 0 Å². The van der Waals surface area contributed by atoms with Crippen LogP contribution in [0.2, 0.25) is 0 Å². The van der Waals surface area contributed by atoms with Crippen molar-refractivity contribution in [3.8, 4) is 0 Å². The van der Waals surface area contributed by atoms with E-state index in [1.807, 2.05) is 24.4 Å². The number of carbonyl (C=O) groups is 13. The minimum absolute atomic E-state index is 0.00680. The molecule has 0 aliphatic rings. The number of hydrogen-bond acceptors (Lipinski definition) is 22. The summed E-state index contributed by atoms with van der Waals surface area (Å²) in [5, 5.41) is 49.8. The fraction of sp³-hybridized carbons (Fsp3) is 0.346. The standard InChI is InChI=1S/C78H96N28O16/c1-98-32-29-80-66(98)76(117)86-54-39-57(100(3)43-54)72(113)82-27-24-65(110)90-60-47-104(7)69(92-60)77(118)87-55-40-56(99(2)44-55)71(112)81-25-13-17-63(108)89-59-46-102(5)67(91-59)74(115)84-28-23-64(109)85-53-38-58(101(4)42-53)73(114)94-61-48-103(6)68(93-61)75(116)83-26-22-62(107)79-30-34-121-36-37-122-35-33-106-45-52(95-97-106)16-11-12-31-105(78(119)88-51-14-9-8-10-15-51)41-49-18-20-50(21-19-49)70(111)96-120/h8-10,14-15,18-21,29,32,38-40,42-48,120H,11-13,16-17,22-28,30-31,33-37,41H2,1-7H3,(H,79,107)(H,81,112)(H,82,113)(H,83,116)(H,84,115)(H,85,109)(H,86,117)(H,87,118)(H,88,119)(H,89,108)(H,90,110)(H,94,114)(H,96,111). The zero-order valence-corrected chi connectivity index (χ0v) is 68.0. The van der Waals surface area contributed by atoms with Gasteiger partial charge in [0.1, 0.15) is 17.1 Å². The lowest BCUT2D eigenvalue weighted by Gasteiger charge is -2.23. The molecule has 14 N–H and O–H groups in total. The Bertz CT molecular complexity index is 5390. The maximum absolute atomic E-state index is 13.4. The first-order chi connectivity index (χ1) is 58.6. The second-order valence-corrected chi connectivity index (χ2v) is 28.0. The van der Waals surface area contributed by atoms with E-state index in [9.17, 15) is 62.3 Å². The fourth-order valence-corrected chi connectivity index (χ4v) is 12.2. The van der Waals surface area contributed by atoms with Gasteiger partial charge in [-0.2, -0.15) is 0 Å². The Morgan fingerprint density at radius 2 is 0.910 bits per heavy atom. The molecule has 10 aromatic rings. The summed E-state index contributed by atoms with van der Waals surface area (Å²) in [6, 6.07) is 19.9. The number of aromatic nitrogens is 14. The number of hydroxylamine groups is 1. The van der Waals surface area contributed by atoms with Gasteiger partial charge in [0.05, 0.1) is 55.7 Å². The number of nitrogens with zero attached hydrogens (tertiary/aromatic N) is 15. The summed E-state index contributed by atoms with van der Waals surface area (Å²) >= 11 is 0. The number of anilines is 7. The third-order valence-electron chi connectivity index (χ3n) is 18.4. The minimum Gasteiger partial charge on any atom is -0.377 e. The number of urea groups is 1. The SMILES string of the molecule is Cn1cc(NC(=O)c2nc(NC(=O)CCNC(=O)c3cc(NC(=O)c4nccn4C)cn3C)cn2C)cc1C(=O)NCCCC(=O)Nc1cn(C)c(C(=O)NCCC(=O)Nc2cc(C(=O)Nc3cn(C)c(C(=O)NCCC(=O)NCCOCCOCCn4cc(CCCCN(Cc5ccc(C(=O)NO)cc5)C(=O)Nc5ccccc5)nn4)n3)n(C)c2)n1. The molecule has 122 heavy (non-hydrogen) atoms. The van der Waals surface area contributed by atoms with E-state index in [0.29, 0.717) is 57.1 Å². The molecule has 8 aromatic heterocycles. The van der Waals surface area contributed by atoms with Crippen molar-refractivity contribution in [2.45, 2.75) is 64.5 Å². The van der Waals surface area contributed by atoms with E-state index in [-0.39, 0.29) is 165 Å². The van der Waals surface area contributed by atoms with E-state index in [0.717, 1.165) is 17.7 Å². The van der Waals surface area contributed by atoms with E-state index in [1.165, 1.54) is 82.8 Å². The molecule has 0 aliphatic heterocycles. The van der Waals surface area contributed by atoms with Crippen LogP contribution in [0.25, 0.3) is 0 Å². The molecule has 44 heteroatoms. The van der Waals surface area contributed by atoms with Crippen LogP contribution in [-0.4, -0.2) is 220 Å². The Balaban J connectivity index is 0.538. The second kappa shape index (κ2) is 43.5. The lowest BCUT2D eigenvalue weighted by atomic mass is 10.1. The molecule has 0 bridgehead atoms. The molecule has 2 aromatic carbocycles. The van der Waals surface area contributed by atoms with E-state index in [2.05, 4.69) is 94.0 Å². The summed E-state index contributed by atoms with van der Waals surface area (Å²) in [6.45, 7) is 2.57. The maximum Gasteiger partial charge on any atom is 0.322 e. The number of nitrogens with one attached hydrogen (secondary N) is 13. The van der Waals surface area contributed by atoms with Crippen molar-refractivity contribution >= 4 is 117 Å². The Morgan fingerprint density at radius 3 is 1.48 bits per heavy atom. The molecule has 0 fully saturated rings. The Labute approximate surface area is 697 Å². The van der Waals surface area contributed by atoms with Crippen LogP contribution >= 0.6 is 0 Å². The summed E-state index contributed by atoms with van der Waals surface area (Å²) in [5.41, 5.74) is 5.65. The third-order valence-corrected chi connectivity index (χ3v) is 18.4. The summed E-state index contributed by atoms with van der Waals surface area (Å²) in [7, 11) is 11.2. The van der Waals surface area contributed by atoms with Gasteiger partial charge in [0, 0.05) is 188 Å². The maximum atomic E-state index is 13.4. The molecule has 0 unspecified atom stereocenters. The van der Waals surface area contributed by atoms with Crippen molar-refractivity contribution in [2.75, 3.05) is 103 Å². The quantitative estimate of drug-likeness (QED) is 0.0148. The van der Waals surface area contributed by atoms with Crippen molar-refractivity contribution in [3.05, 3.63) is 186 Å². The molecule has 10 rings (SSSR count). The molecule has 8 heterocycles. The van der Waals surface area contributed by atoms with Crippen molar-refractivity contribution in [1.82, 2.24) is 104 Å². The van der Waals surface area contributed by atoms with Gasteiger partial charge >= 0.3 is 6.03 Å². The number of imidazole rings is 4. The number of unbranched alkanes of at least 4 members (excludes halogenated alkanes) is 1. The predicted molar refractivity (Wildman–Crippen MR) is 440 cm³/mol. The largest absolute Gasteiger partial charge is 0.377 e. The number of hydrogen-bond donors (Lipinski definition) is 14. The van der Waals surface area contributed by atoms with Crippen LogP contribution in [0.15, 0.2) is 129 Å². The van der Waals surface area contributed by atoms with Gasteiger partial charge in [-0.05, 0) is 73.7 Å². The van der Waals surface area contributed by atoms with E-state index in [4.69, 9.17) is 14.7 Å². The number of rotatable bonds is 44. The van der Waals surface area contributed by atoms with Gasteiger partial charge in [0.15, 0.2) is 23.3 Å². The highest BCUT2D eigenvalue weighted by atomic mass is 16.5. The molecular formula is C78H96N28O16. The summed E-state index contributed by atoms with van der Waals surface area (Å²) in [4.78, 5) is 186. The molecule has 644 valence electrons. The lowest BCUT2D eigenvalue weighted by Crippen LogP contribution is -2.35. The molecular weight excluding hydrogens is 1590 g/mol. The van der Waals surface area contributed by atoms with Crippen molar-refractivity contribution < 1.29 is 77.0 Å². The zero-order chi connectivity index (χ0) is 87.4. The molecule has 14 amide bonds. The van der Waals surface area contributed by atoms with Crippen molar-refractivity contribution in [2.24, 2.45) is 49.3 Å². The summed E-state index contributed by atoms with van der Waals surface area (Å²) in [5.74, 6) is -6.03. The number of amides is 14. The molecule has 0 saturated heterocycles. The number of para-hydroxylation sites is 1. The van der Waals surface area contributed by atoms with Gasteiger partial charge in [0.2, 0.25) is 41.1 Å². The predicted octanol–water partition coefficient (Wildman–Crippen LogP) is 2.80. The molecule has 0 spiro atoms. The van der Waals surface area contributed by atoms with Crippen LogP contribution < -0.4 is 69.3 Å². The van der Waals surface area contributed by atoms with E-state index < -0.39 is 65.0 Å². The monoisotopic (exact) mass is 1680 g/mol. The molecule has 0 radical (unpaired) electrons. The van der Waals surface area contributed by atoms with E-state index >= 15 is 0 Å². The summed E-state index contributed by atoms with van der Waals surface area (Å²) < 4.78 is 23.2. The van der Waals surface area contributed by atoms with Gasteiger partial charge in [-0.1, -0.05) is 35.5 Å². The summed E-state index contributed by atoms with van der Waals surface area (Å²) in [6.07, 6.45) is 15.8. The first kappa shape index (κ1) is 89.4.